The van der Waals surface area contributed by atoms with Gasteiger partial charge in [-0.2, -0.15) is 0 Å². The average molecular weight is 496 g/mol. The van der Waals surface area contributed by atoms with E-state index in [0.717, 1.165) is 61.2 Å². The number of carbonyl (C=O) groups excluding carboxylic acids is 1. The summed E-state index contributed by atoms with van der Waals surface area (Å²) < 4.78 is 1.80. The lowest BCUT2D eigenvalue weighted by atomic mass is 10.1. The second-order valence-corrected chi connectivity index (χ2v) is 9.62. The highest BCUT2D eigenvalue weighted by Gasteiger charge is 2.15. The first-order valence-corrected chi connectivity index (χ1v) is 12.6. The van der Waals surface area contributed by atoms with Crippen LogP contribution in [0.4, 0.5) is 17.2 Å². The fraction of sp³-hybridized carbons (Fsp3) is 0.276. The SMILES string of the molecule is Cc1ccc(NC(=O)c2ccc(CN3CCN(C)CC3)cc2)cc1N(C)c1ccn(-c2cccnc2)n1. The molecule has 8 heteroatoms. The predicted molar refractivity (Wildman–Crippen MR) is 148 cm³/mol. The van der Waals surface area contributed by atoms with E-state index in [0.29, 0.717) is 5.56 Å². The molecule has 0 bridgehead atoms. The van der Waals surface area contributed by atoms with Gasteiger partial charge < -0.3 is 15.1 Å². The van der Waals surface area contributed by atoms with Crippen molar-refractivity contribution in [1.29, 1.82) is 0 Å². The molecule has 2 aromatic heterocycles. The highest BCUT2D eigenvalue weighted by Crippen LogP contribution is 2.29. The van der Waals surface area contributed by atoms with Crippen molar-refractivity contribution in [1.82, 2.24) is 24.6 Å². The Kier molecular flexibility index (Phi) is 7.30. The van der Waals surface area contributed by atoms with E-state index in [1.807, 2.05) is 66.7 Å². The number of aryl methyl sites for hydroxylation is 1. The summed E-state index contributed by atoms with van der Waals surface area (Å²) in [4.78, 5) is 24.0. The third-order valence-corrected chi connectivity index (χ3v) is 6.88. The van der Waals surface area contributed by atoms with Crippen molar-refractivity contribution < 1.29 is 4.79 Å². The number of nitrogens with zero attached hydrogens (tertiary/aromatic N) is 6. The van der Waals surface area contributed by atoms with Crippen molar-refractivity contribution in [2.45, 2.75) is 13.5 Å². The van der Waals surface area contributed by atoms with Crippen LogP contribution in [0.5, 0.6) is 0 Å². The van der Waals surface area contributed by atoms with E-state index in [2.05, 4.69) is 46.2 Å². The van der Waals surface area contributed by atoms with Crippen LogP contribution in [-0.4, -0.2) is 70.7 Å². The van der Waals surface area contributed by atoms with Crippen LogP contribution in [-0.2, 0) is 6.54 Å². The minimum Gasteiger partial charge on any atom is -0.328 e. The van der Waals surface area contributed by atoms with Gasteiger partial charge in [-0.1, -0.05) is 18.2 Å². The lowest BCUT2D eigenvalue weighted by Crippen LogP contribution is -2.43. The highest BCUT2D eigenvalue weighted by atomic mass is 16.1. The highest BCUT2D eigenvalue weighted by molar-refractivity contribution is 6.04. The zero-order valence-electron chi connectivity index (χ0n) is 21.6. The number of anilines is 3. The number of pyridine rings is 1. The fourth-order valence-electron chi connectivity index (χ4n) is 4.53. The Morgan fingerprint density at radius 3 is 2.54 bits per heavy atom. The molecule has 1 N–H and O–H groups in total. The first-order valence-electron chi connectivity index (χ1n) is 12.6. The molecule has 5 rings (SSSR count). The van der Waals surface area contributed by atoms with Gasteiger partial charge in [0.25, 0.3) is 5.91 Å². The molecule has 1 amide bonds. The molecular formula is C29H33N7O. The molecule has 3 heterocycles. The van der Waals surface area contributed by atoms with E-state index < -0.39 is 0 Å². The van der Waals surface area contributed by atoms with Crippen molar-refractivity contribution in [3.8, 4) is 5.69 Å². The van der Waals surface area contributed by atoms with Crippen LogP contribution < -0.4 is 10.2 Å². The third kappa shape index (κ3) is 5.87. The predicted octanol–water partition coefficient (Wildman–Crippen LogP) is 4.34. The Morgan fingerprint density at radius 2 is 1.81 bits per heavy atom. The summed E-state index contributed by atoms with van der Waals surface area (Å²) in [5.41, 5.74) is 5.57. The minimum absolute atomic E-state index is 0.121. The average Bonchev–Trinajstić information content (AvgIpc) is 3.42. The summed E-state index contributed by atoms with van der Waals surface area (Å²) in [5, 5.41) is 7.75. The zero-order valence-corrected chi connectivity index (χ0v) is 21.6. The van der Waals surface area contributed by atoms with Crippen molar-refractivity contribution >= 4 is 23.1 Å². The Balaban J connectivity index is 1.25. The maximum Gasteiger partial charge on any atom is 0.255 e. The van der Waals surface area contributed by atoms with Gasteiger partial charge in [0.05, 0.1) is 11.9 Å². The minimum atomic E-state index is -0.121. The van der Waals surface area contributed by atoms with Crippen LogP contribution in [0.3, 0.4) is 0 Å². The van der Waals surface area contributed by atoms with E-state index >= 15 is 0 Å². The summed E-state index contributed by atoms with van der Waals surface area (Å²) in [6, 6.07) is 19.7. The van der Waals surface area contributed by atoms with E-state index in [1.165, 1.54) is 5.56 Å². The van der Waals surface area contributed by atoms with Crippen LogP contribution in [0.25, 0.3) is 5.69 Å². The van der Waals surface area contributed by atoms with Crippen molar-refractivity contribution in [3.05, 3.63) is 95.9 Å². The third-order valence-electron chi connectivity index (χ3n) is 6.88. The molecule has 1 aliphatic heterocycles. The van der Waals surface area contributed by atoms with Crippen molar-refractivity contribution in [2.24, 2.45) is 0 Å². The number of carbonyl (C=O) groups is 1. The molecule has 8 nitrogen and oxygen atoms in total. The van der Waals surface area contributed by atoms with Crippen molar-refractivity contribution in [2.75, 3.05) is 50.5 Å². The number of likely N-dealkylation sites (N-methyl/N-ethyl adjacent to an activating group) is 1. The first kappa shape index (κ1) is 24.7. The summed E-state index contributed by atoms with van der Waals surface area (Å²) in [5.74, 6) is 0.677. The summed E-state index contributed by atoms with van der Waals surface area (Å²) in [7, 11) is 4.14. The largest absolute Gasteiger partial charge is 0.328 e. The lowest BCUT2D eigenvalue weighted by Gasteiger charge is -2.32. The summed E-state index contributed by atoms with van der Waals surface area (Å²) in [6.07, 6.45) is 5.43. The number of nitrogens with one attached hydrogen (secondary N) is 1. The molecule has 1 saturated heterocycles. The van der Waals surface area contributed by atoms with Gasteiger partial charge in [0.15, 0.2) is 5.82 Å². The molecular weight excluding hydrogens is 462 g/mol. The van der Waals surface area contributed by atoms with Crippen LogP contribution in [0.2, 0.25) is 0 Å². The van der Waals surface area contributed by atoms with E-state index in [4.69, 9.17) is 5.10 Å². The van der Waals surface area contributed by atoms with Gasteiger partial charge in [-0.05, 0) is 61.5 Å². The van der Waals surface area contributed by atoms with Crippen LogP contribution in [0.15, 0.2) is 79.3 Å². The fourth-order valence-corrected chi connectivity index (χ4v) is 4.53. The monoisotopic (exact) mass is 495 g/mol. The maximum atomic E-state index is 13.0. The molecule has 0 radical (unpaired) electrons. The number of amides is 1. The van der Waals surface area contributed by atoms with Gasteiger partial charge in [-0.25, -0.2) is 4.68 Å². The Bertz CT molecular complexity index is 1340. The van der Waals surface area contributed by atoms with E-state index in [-0.39, 0.29) is 5.91 Å². The second-order valence-electron chi connectivity index (χ2n) is 9.62. The summed E-state index contributed by atoms with van der Waals surface area (Å²) >= 11 is 0. The lowest BCUT2D eigenvalue weighted by molar-refractivity contribution is 0.102. The molecule has 0 unspecified atom stereocenters. The molecule has 1 fully saturated rings. The number of hydrogen-bond acceptors (Lipinski definition) is 6. The zero-order chi connectivity index (χ0) is 25.8. The topological polar surface area (TPSA) is 69.5 Å². The number of rotatable bonds is 7. The van der Waals surface area contributed by atoms with Gasteiger partial charge in [-0.3, -0.25) is 14.7 Å². The van der Waals surface area contributed by atoms with Gasteiger partial charge in [0.2, 0.25) is 0 Å². The van der Waals surface area contributed by atoms with Gasteiger partial charge >= 0.3 is 0 Å². The Morgan fingerprint density at radius 1 is 1.03 bits per heavy atom. The van der Waals surface area contributed by atoms with Crippen LogP contribution >= 0.6 is 0 Å². The van der Waals surface area contributed by atoms with Gasteiger partial charge in [0.1, 0.15) is 0 Å². The molecule has 4 aromatic rings. The molecule has 0 atom stereocenters. The normalized spacial score (nSPS) is 14.5. The van der Waals surface area contributed by atoms with E-state index in [1.54, 1.807) is 17.1 Å². The second kappa shape index (κ2) is 10.9. The smallest absolute Gasteiger partial charge is 0.255 e. The Labute approximate surface area is 218 Å². The van der Waals surface area contributed by atoms with Crippen LogP contribution in [0.1, 0.15) is 21.5 Å². The van der Waals surface area contributed by atoms with Gasteiger partial charge in [-0.15, -0.1) is 5.10 Å². The van der Waals surface area contributed by atoms with Crippen molar-refractivity contribution in [3.63, 3.8) is 0 Å². The molecule has 37 heavy (non-hydrogen) atoms. The number of benzene rings is 2. The molecule has 0 spiro atoms. The molecule has 1 aliphatic rings. The summed E-state index contributed by atoms with van der Waals surface area (Å²) in [6.45, 7) is 7.31. The number of piperazine rings is 1. The van der Waals surface area contributed by atoms with Crippen LogP contribution in [0, 0.1) is 6.92 Å². The standard InChI is InChI=1S/C29H33N7O/c1-22-6-11-25(19-27(22)34(3)28-12-14-36(32-28)26-5-4-13-30-20-26)31-29(37)24-9-7-23(8-10-24)21-35-17-15-33(2)16-18-35/h4-14,19-20H,15-18,21H2,1-3H3,(H,31,37). The molecule has 0 aliphatic carbocycles. The van der Waals surface area contributed by atoms with E-state index in [9.17, 15) is 4.79 Å². The quantitative estimate of drug-likeness (QED) is 0.411. The van der Waals surface area contributed by atoms with Gasteiger partial charge in [0, 0.05) is 75.2 Å². The maximum absolute atomic E-state index is 13.0. The number of hydrogen-bond donors (Lipinski definition) is 1. The first-order chi connectivity index (χ1) is 18.0. The molecule has 190 valence electrons. The molecule has 2 aromatic carbocycles. The number of aromatic nitrogens is 3. The molecule has 0 saturated carbocycles. The Hall–Kier alpha value is -4.01.